The van der Waals surface area contributed by atoms with Gasteiger partial charge in [-0.15, -0.1) is 0 Å². The molecule has 0 saturated heterocycles. The monoisotopic (exact) mass is 188 g/mol. The van der Waals surface area contributed by atoms with E-state index in [1.54, 1.807) is 0 Å². The Morgan fingerprint density at radius 3 is 3.14 bits per heavy atom. The topological polar surface area (TPSA) is 24.9 Å². The largest absolute Gasteiger partial charge is 0.313 e. The molecule has 0 aromatic carbocycles. The van der Waals surface area contributed by atoms with Crippen molar-refractivity contribution in [2.24, 2.45) is 0 Å². The fourth-order valence-corrected chi connectivity index (χ4v) is 2.29. The van der Waals surface area contributed by atoms with Crippen molar-refractivity contribution in [1.29, 1.82) is 0 Å². The maximum absolute atomic E-state index is 4.50. The minimum Gasteiger partial charge on any atom is -0.313 e. The van der Waals surface area contributed by atoms with Crippen LogP contribution < -0.4 is 5.32 Å². The van der Waals surface area contributed by atoms with Crippen LogP contribution in [0.25, 0.3) is 0 Å². The van der Waals surface area contributed by atoms with Gasteiger partial charge in [0.05, 0.1) is 0 Å². The molecule has 1 aromatic heterocycles. The molecule has 0 radical (unpaired) electrons. The van der Waals surface area contributed by atoms with Crippen LogP contribution in [0.1, 0.15) is 36.4 Å². The Kier molecular flexibility index (Phi) is 2.02. The Morgan fingerprint density at radius 2 is 2.29 bits per heavy atom. The Labute approximate surface area is 84.7 Å². The highest BCUT2D eigenvalue weighted by molar-refractivity contribution is 5.28. The van der Waals surface area contributed by atoms with Crippen LogP contribution in [0.5, 0.6) is 0 Å². The van der Waals surface area contributed by atoms with Gasteiger partial charge in [0.25, 0.3) is 0 Å². The summed E-state index contributed by atoms with van der Waals surface area (Å²) < 4.78 is 0. The fourth-order valence-electron chi connectivity index (χ4n) is 2.29. The highest BCUT2D eigenvalue weighted by atomic mass is 15.0. The van der Waals surface area contributed by atoms with Crippen LogP contribution in [0.2, 0.25) is 0 Å². The number of pyridine rings is 1. The third kappa shape index (κ3) is 1.55. The first-order chi connectivity index (χ1) is 6.93. The average Bonchev–Trinajstić information content (AvgIpc) is 2.96. The molecular formula is C12H16N2. The molecule has 2 nitrogen and oxygen atoms in total. The molecule has 1 aromatic rings. The molecule has 2 heteroatoms. The molecule has 3 rings (SSSR count). The van der Waals surface area contributed by atoms with E-state index in [0.29, 0.717) is 5.92 Å². The summed E-state index contributed by atoms with van der Waals surface area (Å²) in [5.74, 6) is 0.673. The van der Waals surface area contributed by atoms with Gasteiger partial charge in [0.1, 0.15) is 0 Å². The molecule has 14 heavy (non-hydrogen) atoms. The first-order valence-corrected chi connectivity index (χ1v) is 5.60. The van der Waals surface area contributed by atoms with Gasteiger partial charge >= 0.3 is 0 Å². The predicted molar refractivity (Wildman–Crippen MR) is 56.3 cm³/mol. The molecule has 1 heterocycles. The summed E-state index contributed by atoms with van der Waals surface area (Å²) >= 11 is 0. The molecule has 2 aliphatic rings. The van der Waals surface area contributed by atoms with E-state index in [0.717, 1.165) is 12.6 Å². The number of nitrogens with one attached hydrogen (secondary N) is 1. The van der Waals surface area contributed by atoms with Gasteiger partial charge in [-0.05, 0) is 37.3 Å². The molecule has 1 fully saturated rings. The molecule has 1 unspecified atom stereocenters. The number of hydrogen-bond donors (Lipinski definition) is 1. The third-order valence-corrected chi connectivity index (χ3v) is 3.31. The van der Waals surface area contributed by atoms with Gasteiger partial charge in [-0.2, -0.15) is 0 Å². The van der Waals surface area contributed by atoms with E-state index in [4.69, 9.17) is 0 Å². The van der Waals surface area contributed by atoms with Crippen LogP contribution in [-0.4, -0.2) is 17.6 Å². The standard InChI is InChI=1S/C12H16N2/c1-2-9-3-4-10(12(9)13-7-1)8-14-11-5-6-11/h1-2,7,10-11,14H,3-6,8H2. The van der Waals surface area contributed by atoms with Crippen molar-refractivity contribution in [3.8, 4) is 0 Å². The van der Waals surface area contributed by atoms with Gasteiger partial charge in [-0.25, -0.2) is 0 Å². The summed E-state index contributed by atoms with van der Waals surface area (Å²) in [6.45, 7) is 1.13. The lowest BCUT2D eigenvalue weighted by Crippen LogP contribution is -2.22. The molecular weight excluding hydrogens is 172 g/mol. The zero-order valence-electron chi connectivity index (χ0n) is 8.37. The summed E-state index contributed by atoms with van der Waals surface area (Å²) in [4.78, 5) is 4.50. The lowest BCUT2D eigenvalue weighted by atomic mass is 10.1. The maximum atomic E-state index is 4.50. The van der Waals surface area contributed by atoms with Gasteiger partial charge in [0.2, 0.25) is 0 Å². The van der Waals surface area contributed by atoms with Crippen LogP contribution in [0.3, 0.4) is 0 Å². The molecule has 1 atom stereocenters. The first-order valence-electron chi connectivity index (χ1n) is 5.60. The SMILES string of the molecule is c1cnc2c(c1)CCC2CNC1CC1. The summed E-state index contributed by atoms with van der Waals surface area (Å²) in [5.41, 5.74) is 2.82. The highest BCUT2D eigenvalue weighted by Gasteiger charge is 2.26. The second kappa shape index (κ2) is 3.35. The van der Waals surface area contributed by atoms with Crippen molar-refractivity contribution >= 4 is 0 Å². The Balaban J connectivity index is 1.70. The van der Waals surface area contributed by atoms with Gasteiger partial charge in [-0.1, -0.05) is 6.07 Å². The molecule has 0 spiro atoms. The van der Waals surface area contributed by atoms with E-state index in [2.05, 4.69) is 22.4 Å². The number of aromatic nitrogens is 1. The number of rotatable bonds is 3. The Morgan fingerprint density at radius 1 is 1.36 bits per heavy atom. The van der Waals surface area contributed by atoms with E-state index >= 15 is 0 Å². The number of nitrogens with zero attached hydrogens (tertiary/aromatic N) is 1. The van der Waals surface area contributed by atoms with E-state index in [9.17, 15) is 0 Å². The minimum atomic E-state index is 0.673. The van der Waals surface area contributed by atoms with Gasteiger partial charge in [0, 0.05) is 30.4 Å². The van der Waals surface area contributed by atoms with Crippen molar-refractivity contribution in [2.75, 3.05) is 6.54 Å². The first kappa shape index (κ1) is 8.42. The van der Waals surface area contributed by atoms with Crippen molar-refractivity contribution < 1.29 is 0 Å². The van der Waals surface area contributed by atoms with Crippen LogP contribution in [0.15, 0.2) is 18.3 Å². The average molecular weight is 188 g/mol. The van der Waals surface area contributed by atoms with Crippen LogP contribution in [-0.2, 0) is 6.42 Å². The van der Waals surface area contributed by atoms with Gasteiger partial charge < -0.3 is 5.32 Å². The van der Waals surface area contributed by atoms with E-state index in [1.807, 2.05) is 6.20 Å². The van der Waals surface area contributed by atoms with E-state index in [1.165, 1.54) is 36.9 Å². The van der Waals surface area contributed by atoms with Crippen molar-refractivity contribution in [1.82, 2.24) is 10.3 Å². The molecule has 1 saturated carbocycles. The molecule has 2 aliphatic carbocycles. The van der Waals surface area contributed by atoms with Crippen LogP contribution >= 0.6 is 0 Å². The summed E-state index contributed by atoms with van der Waals surface area (Å²) in [5, 5.41) is 3.60. The molecule has 0 aliphatic heterocycles. The number of aryl methyl sites for hydroxylation is 1. The number of hydrogen-bond acceptors (Lipinski definition) is 2. The second-order valence-electron chi connectivity index (χ2n) is 4.47. The van der Waals surface area contributed by atoms with Crippen molar-refractivity contribution in [3.63, 3.8) is 0 Å². The van der Waals surface area contributed by atoms with Crippen molar-refractivity contribution in [3.05, 3.63) is 29.6 Å². The second-order valence-corrected chi connectivity index (χ2v) is 4.47. The van der Waals surface area contributed by atoms with Gasteiger partial charge in [-0.3, -0.25) is 4.98 Å². The van der Waals surface area contributed by atoms with Crippen molar-refractivity contribution in [2.45, 2.75) is 37.6 Å². The Bertz CT molecular complexity index is 331. The normalized spacial score (nSPS) is 25.0. The Hall–Kier alpha value is -0.890. The molecule has 1 N–H and O–H groups in total. The zero-order chi connectivity index (χ0) is 9.38. The third-order valence-electron chi connectivity index (χ3n) is 3.31. The summed E-state index contributed by atoms with van der Waals surface area (Å²) in [6.07, 6.45) is 7.18. The quantitative estimate of drug-likeness (QED) is 0.783. The highest BCUT2D eigenvalue weighted by Crippen LogP contribution is 2.31. The molecule has 0 bridgehead atoms. The van der Waals surface area contributed by atoms with Gasteiger partial charge in [0.15, 0.2) is 0 Å². The van der Waals surface area contributed by atoms with E-state index < -0.39 is 0 Å². The van der Waals surface area contributed by atoms with E-state index in [-0.39, 0.29) is 0 Å². The summed E-state index contributed by atoms with van der Waals surface area (Å²) in [6, 6.07) is 5.09. The van der Waals surface area contributed by atoms with Crippen LogP contribution in [0.4, 0.5) is 0 Å². The van der Waals surface area contributed by atoms with Crippen LogP contribution in [0, 0.1) is 0 Å². The predicted octanol–water partition coefficient (Wildman–Crippen LogP) is 1.86. The smallest absolute Gasteiger partial charge is 0.0479 e. The molecule has 0 amide bonds. The molecule has 74 valence electrons. The number of fused-ring (bicyclic) bond motifs is 1. The fraction of sp³-hybridized carbons (Fsp3) is 0.583. The lowest BCUT2D eigenvalue weighted by Gasteiger charge is -2.10. The summed E-state index contributed by atoms with van der Waals surface area (Å²) in [7, 11) is 0. The minimum absolute atomic E-state index is 0.673. The lowest BCUT2D eigenvalue weighted by molar-refractivity contribution is 0.568. The maximum Gasteiger partial charge on any atom is 0.0479 e. The zero-order valence-corrected chi connectivity index (χ0v) is 8.37.